The minimum Gasteiger partial charge on any atom is -0.352 e. The Bertz CT molecular complexity index is 651. The molecule has 6 heteroatoms. The van der Waals surface area contributed by atoms with Crippen LogP contribution in [0.4, 0.5) is 8.78 Å². The molecule has 22 heavy (non-hydrogen) atoms. The molecule has 1 aromatic rings. The van der Waals surface area contributed by atoms with Crippen LogP contribution in [0, 0.1) is 18.6 Å². The Morgan fingerprint density at radius 1 is 1.32 bits per heavy atom. The van der Waals surface area contributed by atoms with Crippen molar-refractivity contribution < 1.29 is 18.3 Å². The van der Waals surface area contributed by atoms with Gasteiger partial charge in [0.2, 0.25) is 5.91 Å². The van der Waals surface area contributed by atoms with Crippen LogP contribution < -0.4 is 0 Å². The highest BCUT2D eigenvalue weighted by atomic mass is 19.2. The molecular weight excluding hydrogens is 290 g/mol. The third kappa shape index (κ3) is 1.77. The molecule has 0 radical (unpaired) electrons. The number of hydrogen-bond acceptors (Lipinski definition) is 3. The molecule has 3 aliphatic rings. The van der Waals surface area contributed by atoms with Crippen LogP contribution in [0.5, 0.6) is 0 Å². The van der Waals surface area contributed by atoms with Gasteiger partial charge in [0.15, 0.2) is 17.4 Å². The standard InChI is InChI=1S/C16H18F2N2O2/c1-10-2-3-11(15(18)14(10)17)9-19-5-4-16-12(19)8-13(21)20(16)6-7-22-16/h2-3,12H,4-9H2,1H3/t12-,16+/m1/s1. The number of rotatable bonds is 2. The number of ether oxygens (including phenoxy) is 1. The number of halogens is 2. The number of hydrogen-bond donors (Lipinski definition) is 0. The second kappa shape index (κ2) is 4.73. The molecule has 1 amide bonds. The van der Waals surface area contributed by atoms with E-state index in [1.165, 1.54) is 0 Å². The zero-order chi connectivity index (χ0) is 15.5. The van der Waals surface area contributed by atoms with E-state index in [-0.39, 0.29) is 11.9 Å². The summed E-state index contributed by atoms with van der Waals surface area (Å²) in [4.78, 5) is 16.0. The van der Waals surface area contributed by atoms with Crippen molar-refractivity contribution in [1.82, 2.24) is 9.80 Å². The second-order valence-corrected chi connectivity index (χ2v) is 6.35. The summed E-state index contributed by atoms with van der Waals surface area (Å²) in [7, 11) is 0. The average molecular weight is 308 g/mol. The Kier molecular flexibility index (Phi) is 3.03. The molecule has 118 valence electrons. The lowest BCUT2D eigenvalue weighted by molar-refractivity contribution is -0.136. The maximum atomic E-state index is 14.1. The zero-order valence-electron chi connectivity index (χ0n) is 12.4. The number of nitrogens with zero attached hydrogens (tertiary/aromatic N) is 2. The molecule has 0 aliphatic carbocycles. The predicted molar refractivity (Wildman–Crippen MR) is 74.9 cm³/mol. The second-order valence-electron chi connectivity index (χ2n) is 6.35. The maximum Gasteiger partial charge on any atom is 0.226 e. The lowest BCUT2D eigenvalue weighted by atomic mass is 10.1. The van der Waals surface area contributed by atoms with E-state index in [0.29, 0.717) is 37.2 Å². The third-order valence-corrected chi connectivity index (χ3v) is 5.24. The van der Waals surface area contributed by atoms with Gasteiger partial charge in [-0.05, 0) is 12.5 Å². The van der Waals surface area contributed by atoms with Crippen molar-refractivity contribution in [1.29, 1.82) is 0 Å². The summed E-state index contributed by atoms with van der Waals surface area (Å²) in [5, 5.41) is 0. The predicted octanol–water partition coefficient (Wildman–Crippen LogP) is 1.81. The highest BCUT2D eigenvalue weighted by molar-refractivity contribution is 5.81. The fourth-order valence-corrected chi connectivity index (χ4v) is 4.09. The van der Waals surface area contributed by atoms with Gasteiger partial charge >= 0.3 is 0 Å². The van der Waals surface area contributed by atoms with Gasteiger partial charge in [0, 0.05) is 38.0 Å². The summed E-state index contributed by atoms with van der Waals surface area (Å²) in [6.45, 7) is 3.77. The molecule has 3 aliphatic heterocycles. The van der Waals surface area contributed by atoms with Gasteiger partial charge in [-0.1, -0.05) is 12.1 Å². The monoisotopic (exact) mass is 308 g/mol. The van der Waals surface area contributed by atoms with E-state index in [9.17, 15) is 13.6 Å². The minimum atomic E-state index is -0.785. The summed E-state index contributed by atoms with van der Waals surface area (Å²) >= 11 is 0. The van der Waals surface area contributed by atoms with Gasteiger partial charge in [0.1, 0.15) is 0 Å². The zero-order valence-corrected chi connectivity index (χ0v) is 12.4. The van der Waals surface area contributed by atoms with E-state index in [1.54, 1.807) is 19.1 Å². The summed E-state index contributed by atoms with van der Waals surface area (Å²) < 4.78 is 33.7. The highest BCUT2D eigenvalue weighted by Crippen LogP contribution is 2.46. The van der Waals surface area contributed by atoms with E-state index >= 15 is 0 Å². The molecule has 1 aromatic carbocycles. The number of benzene rings is 1. The Labute approximate surface area is 127 Å². The summed E-state index contributed by atoms with van der Waals surface area (Å²) in [5.74, 6) is -1.47. The fourth-order valence-electron chi connectivity index (χ4n) is 4.09. The molecule has 3 fully saturated rings. The molecule has 4 nitrogen and oxygen atoms in total. The minimum absolute atomic E-state index is 0.0636. The average Bonchev–Trinajstić information content (AvgIpc) is 3.13. The SMILES string of the molecule is Cc1ccc(CN2CC[C@@]34OCCN3C(=O)C[C@@H]24)c(F)c1F. The van der Waals surface area contributed by atoms with E-state index in [1.807, 2.05) is 4.90 Å². The van der Waals surface area contributed by atoms with Gasteiger partial charge in [0.05, 0.1) is 12.6 Å². The van der Waals surface area contributed by atoms with E-state index in [0.717, 1.165) is 13.0 Å². The number of aryl methyl sites for hydroxylation is 1. The number of carbonyl (C=O) groups is 1. The van der Waals surface area contributed by atoms with Crippen molar-refractivity contribution in [3.8, 4) is 0 Å². The number of carbonyl (C=O) groups excluding carboxylic acids is 1. The first-order valence-corrected chi connectivity index (χ1v) is 7.65. The lowest BCUT2D eigenvalue weighted by Crippen LogP contribution is -2.47. The van der Waals surface area contributed by atoms with Crippen molar-refractivity contribution in [3.63, 3.8) is 0 Å². The maximum absolute atomic E-state index is 14.1. The van der Waals surface area contributed by atoms with Crippen molar-refractivity contribution in [2.75, 3.05) is 19.7 Å². The summed E-state index contributed by atoms with van der Waals surface area (Å²) in [6, 6.07) is 3.16. The Morgan fingerprint density at radius 3 is 2.95 bits per heavy atom. The van der Waals surface area contributed by atoms with Gasteiger partial charge in [-0.2, -0.15) is 0 Å². The van der Waals surface area contributed by atoms with Crippen LogP contribution in [0.25, 0.3) is 0 Å². The molecule has 2 atom stereocenters. The molecule has 1 spiro atoms. The van der Waals surface area contributed by atoms with Crippen molar-refractivity contribution >= 4 is 5.91 Å². The van der Waals surface area contributed by atoms with Crippen molar-refractivity contribution in [2.24, 2.45) is 0 Å². The van der Waals surface area contributed by atoms with Crippen LogP contribution in [-0.2, 0) is 16.1 Å². The normalized spacial score (nSPS) is 31.0. The molecule has 0 aromatic heterocycles. The van der Waals surface area contributed by atoms with Gasteiger partial charge in [-0.25, -0.2) is 8.78 Å². The molecular formula is C16H18F2N2O2. The van der Waals surface area contributed by atoms with E-state index < -0.39 is 17.4 Å². The van der Waals surface area contributed by atoms with Gasteiger partial charge in [-0.15, -0.1) is 0 Å². The van der Waals surface area contributed by atoms with Gasteiger partial charge in [0.25, 0.3) is 0 Å². The van der Waals surface area contributed by atoms with Crippen LogP contribution in [0.1, 0.15) is 24.0 Å². The first-order chi connectivity index (χ1) is 10.5. The first kappa shape index (κ1) is 14.1. The molecule has 0 saturated carbocycles. The fraction of sp³-hybridized carbons (Fsp3) is 0.562. The third-order valence-electron chi connectivity index (χ3n) is 5.24. The van der Waals surface area contributed by atoms with Crippen LogP contribution in [-0.4, -0.2) is 47.2 Å². The quantitative estimate of drug-likeness (QED) is 0.835. The van der Waals surface area contributed by atoms with E-state index in [4.69, 9.17) is 4.74 Å². The Hall–Kier alpha value is -1.53. The molecule has 0 bridgehead atoms. The van der Waals surface area contributed by atoms with Crippen LogP contribution in [0.15, 0.2) is 12.1 Å². The largest absolute Gasteiger partial charge is 0.352 e. The summed E-state index contributed by atoms with van der Waals surface area (Å²) in [5.41, 5.74) is 0.112. The van der Waals surface area contributed by atoms with Gasteiger partial charge < -0.3 is 9.64 Å². The Morgan fingerprint density at radius 2 is 2.14 bits per heavy atom. The molecule has 0 unspecified atom stereocenters. The van der Waals surface area contributed by atoms with Crippen LogP contribution in [0.3, 0.4) is 0 Å². The van der Waals surface area contributed by atoms with Crippen LogP contribution in [0.2, 0.25) is 0 Å². The molecule has 3 saturated heterocycles. The Balaban J connectivity index is 1.61. The topological polar surface area (TPSA) is 32.8 Å². The molecule has 3 heterocycles. The number of amides is 1. The van der Waals surface area contributed by atoms with E-state index in [2.05, 4.69) is 4.90 Å². The number of likely N-dealkylation sites (tertiary alicyclic amines) is 1. The van der Waals surface area contributed by atoms with Gasteiger partial charge in [-0.3, -0.25) is 9.69 Å². The molecule has 0 N–H and O–H groups in total. The summed E-state index contributed by atoms with van der Waals surface area (Å²) in [6.07, 6.45) is 1.13. The van der Waals surface area contributed by atoms with Crippen molar-refractivity contribution in [2.45, 2.75) is 38.1 Å². The lowest BCUT2D eigenvalue weighted by Gasteiger charge is -2.31. The highest BCUT2D eigenvalue weighted by Gasteiger charge is 2.61. The first-order valence-electron chi connectivity index (χ1n) is 7.65. The van der Waals surface area contributed by atoms with Crippen molar-refractivity contribution in [3.05, 3.63) is 34.9 Å². The smallest absolute Gasteiger partial charge is 0.226 e. The van der Waals surface area contributed by atoms with Crippen LogP contribution >= 0.6 is 0 Å². The molecule has 4 rings (SSSR count).